The van der Waals surface area contributed by atoms with Gasteiger partial charge in [0.2, 0.25) is 0 Å². The van der Waals surface area contributed by atoms with Gasteiger partial charge in [-0.1, -0.05) is 0 Å². The van der Waals surface area contributed by atoms with Crippen LogP contribution in [0.15, 0.2) is 6.33 Å². The molecule has 2 rings (SSSR count). The molecule has 102 valence electrons. The second-order valence-corrected chi connectivity index (χ2v) is 4.37. The Kier molecular flexibility index (Phi) is 3.28. The molecule has 0 atom stereocenters. The summed E-state index contributed by atoms with van der Waals surface area (Å²) in [6, 6.07) is 0. The molecule has 7 nitrogen and oxygen atoms in total. The molecule has 0 aliphatic heterocycles. The highest BCUT2D eigenvalue weighted by Gasteiger charge is 2.18. The molecule has 0 aliphatic carbocycles. The van der Waals surface area contributed by atoms with Gasteiger partial charge in [0.15, 0.2) is 5.69 Å². The fourth-order valence-electron chi connectivity index (χ4n) is 1.99. The van der Waals surface area contributed by atoms with Gasteiger partial charge in [0.1, 0.15) is 5.82 Å². The molecule has 0 saturated heterocycles. The summed E-state index contributed by atoms with van der Waals surface area (Å²) in [7, 11) is 3.19. The highest BCUT2D eigenvalue weighted by Crippen LogP contribution is 2.18. The number of hydrogen-bond donors (Lipinski definition) is 1. The second kappa shape index (κ2) is 4.75. The number of hydrogen-bond acceptors (Lipinski definition) is 5. The van der Waals surface area contributed by atoms with Crippen LogP contribution >= 0.6 is 0 Å². The van der Waals surface area contributed by atoms with E-state index in [4.69, 9.17) is 5.73 Å². The van der Waals surface area contributed by atoms with Gasteiger partial charge in [-0.05, 0) is 13.8 Å². The van der Waals surface area contributed by atoms with Crippen molar-refractivity contribution in [1.29, 1.82) is 0 Å². The molecule has 0 amide bonds. The lowest BCUT2D eigenvalue weighted by atomic mass is 10.2. The Hall–Kier alpha value is -2.31. The predicted octanol–water partition coefficient (Wildman–Crippen LogP) is 0.651. The Bertz CT molecular complexity index is 626. The molecule has 0 aromatic carbocycles. The quantitative estimate of drug-likeness (QED) is 0.821. The van der Waals surface area contributed by atoms with Gasteiger partial charge >= 0.3 is 5.97 Å². The van der Waals surface area contributed by atoms with Crippen LogP contribution in [0.4, 0.5) is 5.82 Å². The van der Waals surface area contributed by atoms with Crippen molar-refractivity contribution < 1.29 is 9.53 Å². The SMILES string of the molecule is COC(=O)c1ncn(Cc2c(C)nn(C)c2C)c1N. The first-order valence-electron chi connectivity index (χ1n) is 5.83. The van der Waals surface area contributed by atoms with E-state index in [2.05, 4.69) is 14.8 Å². The third kappa shape index (κ3) is 2.18. The maximum Gasteiger partial charge on any atom is 0.360 e. The van der Waals surface area contributed by atoms with Crippen LogP contribution in [-0.2, 0) is 18.3 Å². The minimum absolute atomic E-state index is 0.140. The van der Waals surface area contributed by atoms with Crippen LogP contribution in [0.5, 0.6) is 0 Å². The summed E-state index contributed by atoms with van der Waals surface area (Å²) in [5, 5.41) is 4.34. The van der Waals surface area contributed by atoms with Crippen LogP contribution in [0.1, 0.15) is 27.4 Å². The zero-order valence-electron chi connectivity index (χ0n) is 11.5. The largest absolute Gasteiger partial charge is 0.464 e. The van der Waals surface area contributed by atoms with E-state index in [1.807, 2.05) is 25.6 Å². The number of carbonyl (C=O) groups is 1. The minimum atomic E-state index is -0.532. The molecule has 2 aromatic rings. The van der Waals surface area contributed by atoms with Crippen LogP contribution in [0.25, 0.3) is 0 Å². The van der Waals surface area contributed by atoms with Gasteiger partial charge in [-0.25, -0.2) is 9.78 Å². The van der Waals surface area contributed by atoms with Gasteiger partial charge < -0.3 is 15.0 Å². The number of nitrogens with zero attached hydrogens (tertiary/aromatic N) is 4. The Morgan fingerprint density at radius 2 is 2.16 bits per heavy atom. The smallest absolute Gasteiger partial charge is 0.360 e. The number of nitrogens with two attached hydrogens (primary N) is 1. The molecule has 2 aromatic heterocycles. The maximum atomic E-state index is 11.4. The molecule has 0 spiro atoms. The van der Waals surface area contributed by atoms with Crippen molar-refractivity contribution in [2.75, 3.05) is 12.8 Å². The highest BCUT2D eigenvalue weighted by atomic mass is 16.5. The van der Waals surface area contributed by atoms with Crippen molar-refractivity contribution in [2.24, 2.45) is 7.05 Å². The van der Waals surface area contributed by atoms with E-state index in [1.165, 1.54) is 13.4 Å². The Morgan fingerprint density at radius 3 is 2.68 bits per heavy atom. The summed E-state index contributed by atoms with van der Waals surface area (Å²) in [6.45, 7) is 4.46. The summed E-state index contributed by atoms with van der Waals surface area (Å²) in [6.07, 6.45) is 1.54. The van der Waals surface area contributed by atoms with Crippen molar-refractivity contribution >= 4 is 11.8 Å². The molecular formula is C12H17N5O2. The van der Waals surface area contributed by atoms with E-state index >= 15 is 0 Å². The van der Waals surface area contributed by atoms with E-state index in [1.54, 1.807) is 4.57 Å². The van der Waals surface area contributed by atoms with E-state index in [0.717, 1.165) is 17.0 Å². The number of aryl methyl sites for hydroxylation is 2. The highest BCUT2D eigenvalue weighted by molar-refractivity contribution is 5.92. The summed E-state index contributed by atoms with van der Waals surface area (Å²) in [4.78, 5) is 15.4. The van der Waals surface area contributed by atoms with Gasteiger partial charge in [0, 0.05) is 18.3 Å². The number of imidazole rings is 1. The maximum absolute atomic E-state index is 11.4. The van der Waals surface area contributed by atoms with E-state index in [-0.39, 0.29) is 5.69 Å². The predicted molar refractivity (Wildman–Crippen MR) is 69.8 cm³/mol. The lowest BCUT2D eigenvalue weighted by Gasteiger charge is -2.06. The average molecular weight is 263 g/mol. The Morgan fingerprint density at radius 1 is 1.47 bits per heavy atom. The molecule has 0 bridgehead atoms. The van der Waals surface area contributed by atoms with Crippen LogP contribution in [0.2, 0.25) is 0 Å². The number of rotatable bonds is 3. The van der Waals surface area contributed by atoms with Crippen LogP contribution in [0.3, 0.4) is 0 Å². The molecule has 0 unspecified atom stereocenters. The third-order valence-electron chi connectivity index (χ3n) is 3.24. The van der Waals surface area contributed by atoms with Crippen molar-refractivity contribution in [3.05, 3.63) is 29.0 Å². The Balaban J connectivity index is 2.34. The molecular weight excluding hydrogens is 246 g/mol. The molecule has 0 aliphatic rings. The first-order valence-corrected chi connectivity index (χ1v) is 5.83. The Labute approximate surface area is 111 Å². The van der Waals surface area contributed by atoms with Crippen LogP contribution < -0.4 is 5.73 Å². The topological polar surface area (TPSA) is 88.0 Å². The second-order valence-electron chi connectivity index (χ2n) is 4.37. The van der Waals surface area contributed by atoms with E-state index in [0.29, 0.717) is 12.4 Å². The number of carbonyl (C=O) groups excluding carboxylic acids is 1. The average Bonchev–Trinajstić information content (AvgIpc) is 2.85. The van der Waals surface area contributed by atoms with Crippen LogP contribution in [-0.4, -0.2) is 32.4 Å². The van der Waals surface area contributed by atoms with E-state index < -0.39 is 5.97 Å². The van der Waals surface area contributed by atoms with Crippen molar-refractivity contribution in [3.63, 3.8) is 0 Å². The van der Waals surface area contributed by atoms with Crippen molar-refractivity contribution in [3.8, 4) is 0 Å². The first kappa shape index (κ1) is 13.1. The van der Waals surface area contributed by atoms with Gasteiger partial charge in [-0.2, -0.15) is 5.10 Å². The molecule has 19 heavy (non-hydrogen) atoms. The minimum Gasteiger partial charge on any atom is -0.464 e. The third-order valence-corrected chi connectivity index (χ3v) is 3.24. The van der Waals surface area contributed by atoms with Gasteiger partial charge in [-0.3, -0.25) is 4.68 Å². The number of esters is 1. The molecule has 2 N–H and O–H groups in total. The fourth-order valence-corrected chi connectivity index (χ4v) is 1.99. The number of methoxy groups -OCH3 is 1. The summed E-state index contributed by atoms with van der Waals surface area (Å²) < 4.78 is 8.15. The zero-order chi connectivity index (χ0) is 14.2. The summed E-state index contributed by atoms with van der Waals surface area (Å²) in [5.41, 5.74) is 9.12. The lowest BCUT2D eigenvalue weighted by molar-refractivity contribution is 0.0596. The normalized spacial score (nSPS) is 10.7. The van der Waals surface area contributed by atoms with Crippen LogP contribution in [0, 0.1) is 13.8 Å². The molecule has 0 saturated carbocycles. The van der Waals surface area contributed by atoms with Gasteiger partial charge in [0.05, 0.1) is 25.7 Å². The number of ether oxygens (including phenoxy) is 1. The lowest BCUT2D eigenvalue weighted by Crippen LogP contribution is -2.09. The standard InChI is InChI=1S/C12H17N5O2/c1-7-9(8(2)16(3)15-7)5-17-6-14-10(11(17)13)12(18)19-4/h6H,5,13H2,1-4H3. The molecule has 7 heteroatoms. The van der Waals surface area contributed by atoms with Crippen molar-refractivity contribution in [1.82, 2.24) is 19.3 Å². The van der Waals surface area contributed by atoms with E-state index in [9.17, 15) is 4.79 Å². The number of aromatic nitrogens is 4. The molecule has 0 fully saturated rings. The van der Waals surface area contributed by atoms with Crippen molar-refractivity contribution in [2.45, 2.75) is 20.4 Å². The molecule has 0 radical (unpaired) electrons. The number of anilines is 1. The zero-order valence-corrected chi connectivity index (χ0v) is 11.5. The summed E-state index contributed by atoms with van der Waals surface area (Å²) >= 11 is 0. The molecule has 2 heterocycles. The summed E-state index contributed by atoms with van der Waals surface area (Å²) in [5.74, 6) is -0.231. The fraction of sp³-hybridized carbons (Fsp3) is 0.417. The van der Waals surface area contributed by atoms with Gasteiger partial charge in [0.25, 0.3) is 0 Å². The number of nitrogen functional groups attached to an aromatic ring is 1. The van der Waals surface area contributed by atoms with Gasteiger partial charge in [-0.15, -0.1) is 0 Å². The monoisotopic (exact) mass is 263 g/mol. The first-order chi connectivity index (χ1) is 8.95.